The predicted octanol–water partition coefficient (Wildman–Crippen LogP) is 4.03. The quantitative estimate of drug-likeness (QED) is 0.198. The summed E-state index contributed by atoms with van der Waals surface area (Å²) in [6, 6.07) is 4.48. The fourth-order valence-electron chi connectivity index (χ4n) is 4.55. The van der Waals surface area contributed by atoms with E-state index < -0.39 is 15.1 Å². The Morgan fingerprint density at radius 3 is 2.60 bits per heavy atom. The molecule has 1 amide bonds. The Kier molecular flexibility index (Phi) is 10.3. The van der Waals surface area contributed by atoms with Crippen LogP contribution in [0.15, 0.2) is 51.7 Å². The molecule has 13 heteroatoms. The number of allylic oxidation sites excluding steroid dienone is 2. The SMILES string of the molecule is C=C(CCC)N1N=C(c2cc(S(=O)(=O)N3CC(CCO[N+](=O)[O-])C3)ccc2OCC)NC(=O)/C1=C(\C)C(C)CC. The first-order valence-corrected chi connectivity index (χ1v) is 15.0. The van der Waals surface area contributed by atoms with Crippen molar-refractivity contribution in [3.63, 3.8) is 0 Å². The van der Waals surface area contributed by atoms with E-state index in [0.717, 1.165) is 18.4 Å². The summed E-state index contributed by atoms with van der Waals surface area (Å²) in [6.45, 7) is 14.7. The zero-order valence-corrected chi connectivity index (χ0v) is 24.6. The molecule has 2 heterocycles. The molecule has 2 aliphatic rings. The minimum Gasteiger partial charge on any atom is -0.493 e. The summed E-state index contributed by atoms with van der Waals surface area (Å²) in [5, 5.41) is 18.7. The topological polar surface area (TPSA) is 144 Å². The van der Waals surface area contributed by atoms with Crippen LogP contribution in [0.25, 0.3) is 0 Å². The third-order valence-corrected chi connectivity index (χ3v) is 9.04. The van der Waals surface area contributed by atoms with Crippen LogP contribution in [-0.4, -0.2) is 60.9 Å². The van der Waals surface area contributed by atoms with Gasteiger partial charge in [0.2, 0.25) is 10.0 Å². The number of ether oxygens (including phenoxy) is 1. The summed E-state index contributed by atoms with van der Waals surface area (Å²) in [5.41, 5.74) is 2.30. The number of carbonyl (C=O) groups is 1. The van der Waals surface area contributed by atoms with Gasteiger partial charge in [-0.2, -0.15) is 4.31 Å². The van der Waals surface area contributed by atoms with Gasteiger partial charge in [0.05, 0.1) is 23.7 Å². The average molecular weight is 578 g/mol. The molecule has 0 aromatic heterocycles. The van der Waals surface area contributed by atoms with Gasteiger partial charge >= 0.3 is 0 Å². The van der Waals surface area contributed by atoms with Crippen molar-refractivity contribution in [3.05, 3.63) is 57.4 Å². The monoisotopic (exact) mass is 577 g/mol. The maximum Gasteiger partial charge on any atom is 0.294 e. The number of nitrogens with zero attached hydrogens (tertiary/aromatic N) is 4. The van der Waals surface area contributed by atoms with Gasteiger partial charge in [0, 0.05) is 18.8 Å². The first kappa shape index (κ1) is 31.1. The molecule has 1 fully saturated rings. The van der Waals surface area contributed by atoms with Gasteiger partial charge in [-0.1, -0.05) is 33.8 Å². The van der Waals surface area contributed by atoms with Crippen molar-refractivity contribution < 1.29 is 27.9 Å². The standard InChI is InChI=1S/C27H39N5O7S/c1-7-10-19(5)31-25(20(6)18(4)8-2)27(33)28-26(29-31)23-15-22(11-12-24(23)38-9-3)40(36,37)30-16-21(17-30)13-14-39-32(34)35/h11-12,15,18,21H,5,7-10,13-14,16-17H2,1-4,6H3,(H,28,29,33)/b25-20-. The lowest BCUT2D eigenvalue weighted by molar-refractivity contribution is -0.758. The van der Waals surface area contributed by atoms with Crippen molar-refractivity contribution in [2.75, 3.05) is 26.3 Å². The van der Waals surface area contributed by atoms with Crippen molar-refractivity contribution in [2.45, 2.75) is 65.2 Å². The summed E-state index contributed by atoms with van der Waals surface area (Å²) in [4.78, 5) is 28.2. The molecule has 0 saturated carbocycles. The van der Waals surface area contributed by atoms with Crippen LogP contribution in [0.3, 0.4) is 0 Å². The van der Waals surface area contributed by atoms with E-state index >= 15 is 0 Å². The highest BCUT2D eigenvalue weighted by atomic mass is 32.2. The average Bonchev–Trinajstić information content (AvgIpc) is 2.88. The molecule has 220 valence electrons. The smallest absolute Gasteiger partial charge is 0.294 e. The summed E-state index contributed by atoms with van der Waals surface area (Å²) < 4.78 is 33.9. The summed E-state index contributed by atoms with van der Waals surface area (Å²) >= 11 is 0. The van der Waals surface area contributed by atoms with Crippen molar-refractivity contribution in [1.29, 1.82) is 0 Å². The maximum absolute atomic E-state index is 13.5. The second kappa shape index (κ2) is 13.3. The van der Waals surface area contributed by atoms with E-state index in [1.807, 2.05) is 27.7 Å². The fourth-order valence-corrected chi connectivity index (χ4v) is 6.17. The molecule has 1 aromatic rings. The molecule has 1 aromatic carbocycles. The highest BCUT2D eigenvalue weighted by Crippen LogP contribution is 2.33. The van der Waals surface area contributed by atoms with Gasteiger partial charge in [0.25, 0.3) is 11.0 Å². The number of carbonyl (C=O) groups excluding carboxylic acids is 1. The maximum atomic E-state index is 13.5. The van der Waals surface area contributed by atoms with Gasteiger partial charge in [-0.05, 0) is 68.7 Å². The van der Waals surface area contributed by atoms with Gasteiger partial charge in [-0.15, -0.1) is 15.2 Å². The van der Waals surface area contributed by atoms with Crippen molar-refractivity contribution in [2.24, 2.45) is 16.9 Å². The van der Waals surface area contributed by atoms with Gasteiger partial charge in [0.1, 0.15) is 11.4 Å². The lowest BCUT2D eigenvalue weighted by Crippen LogP contribution is -2.50. The number of amides is 1. The van der Waals surface area contributed by atoms with Gasteiger partial charge in [-0.3, -0.25) is 4.79 Å². The summed E-state index contributed by atoms with van der Waals surface area (Å²) in [6.07, 6.45) is 2.66. The molecule has 12 nitrogen and oxygen atoms in total. The summed E-state index contributed by atoms with van der Waals surface area (Å²) in [7, 11) is -3.87. The van der Waals surface area contributed by atoms with E-state index in [4.69, 9.17) is 9.84 Å². The third kappa shape index (κ3) is 6.81. The first-order valence-electron chi connectivity index (χ1n) is 13.6. The number of hydrogen-bond acceptors (Lipinski definition) is 9. The largest absolute Gasteiger partial charge is 0.493 e. The second-order valence-corrected chi connectivity index (χ2v) is 11.9. The van der Waals surface area contributed by atoms with Crippen LogP contribution in [0, 0.1) is 22.0 Å². The minimum absolute atomic E-state index is 0.0268. The molecule has 40 heavy (non-hydrogen) atoms. The molecular weight excluding hydrogens is 538 g/mol. The molecule has 3 rings (SSSR count). The van der Waals surface area contributed by atoms with E-state index in [1.165, 1.54) is 16.4 Å². The third-order valence-electron chi connectivity index (χ3n) is 7.21. The predicted molar refractivity (Wildman–Crippen MR) is 150 cm³/mol. The van der Waals surface area contributed by atoms with Crippen LogP contribution in [0.1, 0.15) is 65.9 Å². The van der Waals surface area contributed by atoms with E-state index in [2.05, 4.69) is 23.7 Å². The highest BCUT2D eigenvalue weighted by Gasteiger charge is 2.38. The molecule has 0 spiro atoms. The highest BCUT2D eigenvalue weighted by molar-refractivity contribution is 7.89. The Balaban J connectivity index is 1.99. The number of nitrogens with one attached hydrogen (secondary N) is 1. The van der Waals surface area contributed by atoms with Crippen LogP contribution < -0.4 is 10.1 Å². The molecular formula is C27H39N5O7S. The number of hydrogen-bond donors (Lipinski definition) is 1. The number of rotatable bonds is 14. The Morgan fingerprint density at radius 2 is 2.00 bits per heavy atom. The van der Waals surface area contributed by atoms with Gasteiger partial charge in [0.15, 0.2) is 5.84 Å². The summed E-state index contributed by atoms with van der Waals surface area (Å²) in [5.74, 6) is 0.315. The van der Waals surface area contributed by atoms with E-state index in [1.54, 1.807) is 11.1 Å². The van der Waals surface area contributed by atoms with E-state index in [9.17, 15) is 23.3 Å². The van der Waals surface area contributed by atoms with Crippen molar-refractivity contribution in [3.8, 4) is 5.75 Å². The lowest BCUT2D eigenvalue weighted by Gasteiger charge is -2.38. The Morgan fingerprint density at radius 1 is 1.30 bits per heavy atom. The molecule has 0 radical (unpaired) electrons. The zero-order valence-electron chi connectivity index (χ0n) is 23.8. The Bertz CT molecular complexity index is 1300. The number of benzene rings is 1. The Labute approximate surface area is 235 Å². The van der Waals surface area contributed by atoms with Crippen LogP contribution in [0.4, 0.5) is 0 Å². The molecule has 1 saturated heterocycles. The van der Waals surface area contributed by atoms with Crippen LogP contribution in [-0.2, 0) is 19.7 Å². The Hall–Kier alpha value is -3.45. The number of hydrazone groups is 1. The second-order valence-electron chi connectivity index (χ2n) is 10.00. The number of sulfonamides is 1. The molecule has 2 aliphatic heterocycles. The van der Waals surface area contributed by atoms with Gasteiger partial charge < -0.3 is 14.9 Å². The fraction of sp³-hybridized carbons (Fsp3) is 0.556. The normalized spacial score (nSPS) is 18.4. The lowest BCUT2D eigenvalue weighted by atomic mass is 9.96. The molecule has 0 aliphatic carbocycles. The molecule has 0 bridgehead atoms. The van der Waals surface area contributed by atoms with Crippen molar-refractivity contribution in [1.82, 2.24) is 14.6 Å². The van der Waals surface area contributed by atoms with Gasteiger partial charge in [-0.25, -0.2) is 13.4 Å². The number of amidine groups is 1. The van der Waals surface area contributed by atoms with Crippen LogP contribution >= 0.6 is 0 Å². The molecule has 1 N–H and O–H groups in total. The minimum atomic E-state index is -3.87. The van der Waals surface area contributed by atoms with Crippen molar-refractivity contribution >= 4 is 21.8 Å². The van der Waals surface area contributed by atoms with Crippen LogP contribution in [0.2, 0.25) is 0 Å². The van der Waals surface area contributed by atoms with E-state index in [0.29, 0.717) is 42.2 Å². The van der Waals surface area contributed by atoms with E-state index in [-0.39, 0.29) is 48.2 Å². The molecule has 1 atom stereocenters. The first-order chi connectivity index (χ1) is 18.9. The zero-order chi connectivity index (χ0) is 29.6. The molecule has 1 unspecified atom stereocenters. The van der Waals surface area contributed by atoms with Crippen LogP contribution in [0.5, 0.6) is 5.75 Å².